The van der Waals surface area contributed by atoms with Crippen molar-refractivity contribution in [1.29, 1.82) is 0 Å². The van der Waals surface area contributed by atoms with E-state index in [4.69, 9.17) is 5.73 Å². The molecule has 0 aliphatic carbocycles. The molecule has 0 aromatic rings. The highest BCUT2D eigenvalue weighted by atomic mass is 15.0. The Labute approximate surface area is 55.4 Å². The molecule has 2 nitrogen and oxygen atoms in total. The molecule has 50 valence electrons. The molecule has 0 unspecified atom stereocenters. The lowest BCUT2D eigenvalue weighted by molar-refractivity contribution is 0.665. The second kappa shape index (κ2) is 2.58. The molecule has 0 aromatic carbocycles. The molecule has 0 atom stereocenters. The summed E-state index contributed by atoms with van der Waals surface area (Å²) in [6.45, 7) is 4.66. The average Bonchev–Trinajstić information content (AvgIpc) is 1.89. The van der Waals surface area contributed by atoms with Gasteiger partial charge < -0.3 is 11.1 Å². The summed E-state index contributed by atoms with van der Waals surface area (Å²) in [7, 11) is 0. The van der Waals surface area contributed by atoms with Crippen molar-refractivity contribution < 1.29 is 0 Å². The topological polar surface area (TPSA) is 38.0 Å². The minimum Gasteiger partial charge on any atom is -0.385 e. The van der Waals surface area contributed by atoms with E-state index in [2.05, 4.69) is 11.9 Å². The molecule has 1 aliphatic heterocycles. The summed E-state index contributed by atoms with van der Waals surface area (Å²) in [6.07, 6.45) is 4.06. The molecule has 0 radical (unpaired) electrons. The fourth-order valence-electron chi connectivity index (χ4n) is 0.962. The molecule has 9 heavy (non-hydrogen) atoms. The normalized spacial score (nSPS) is 19.1. The van der Waals surface area contributed by atoms with Gasteiger partial charge in [0.25, 0.3) is 0 Å². The fourth-order valence-corrected chi connectivity index (χ4v) is 0.962. The zero-order chi connectivity index (χ0) is 6.69. The maximum absolute atomic E-state index is 5.59. The minimum atomic E-state index is 0.802. The maximum atomic E-state index is 5.59. The Morgan fingerprint density at radius 2 is 2.44 bits per heavy atom. The average molecular weight is 124 g/mol. The molecule has 0 spiro atoms. The molecule has 0 saturated heterocycles. The first-order valence-electron chi connectivity index (χ1n) is 3.19. The van der Waals surface area contributed by atoms with Crippen molar-refractivity contribution in [3.8, 4) is 0 Å². The first-order chi connectivity index (χ1) is 4.34. The van der Waals surface area contributed by atoms with E-state index in [9.17, 15) is 0 Å². The number of nitrogens with two attached hydrogens (primary N) is 1. The number of hydrogen-bond acceptors (Lipinski definition) is 2. The predicted octanol–water partition coefficient (Wildman–Crippen LogP) is 0.726. The molecule has 0 amide bonds. The monoisotopic (exact) mass is 124 g/mol. The summed E-state index contributed by atoms with van der Waals surface area (Å²) in [5.41, 5.74) is 6.74. The number of nitrogens with one attached hydrogen (secondary N) is 1. The van der Waals surface area contributed by atoms with Crippen molar-refractivity contribution in [3.05, 3.63) is 24.0 Å². The first kappa shape index (κ1) is 6.20. The zero-order valence-corrected chi connectivity index (χ0v) is 5.48. The molecule has 2 heteroatoms. The molecule has 1 heterocycles. The predicted molar refractivity (Wildman–Crippen MR) is 38.6 cm³/mol. The highest BCUT2D eigenvalue weighted by Crippen LogP contribution is 2.10. The van der Waals surface area contributed by atoms with Crippen LogP contribution in [-0.4, -0.2) is 6.54 Å². The Bertz CT molecular complexity index is 147. The molecule has 0 fully saturated rings. The third-order valence-corrected chi connectivity index (χ3v) is 1.53. The largest absolute Gasteiger partial charge is 0.385 e. The Morgan fingerprint density at radius 3 is 2.89 bits per heavy atom. The first-order valence-corrected chi connectivity index (χ1v) is 3.19. The lowest BCUT2D eigenvalue weighted by atomic mass is 10.1. The van der Waals surface area contributed by atoms with E-state index in [0.29, 0.717) is 0 Å². The second-order valence-corrected chi connectivity index (χ2v) is 2.17. The number of rotatable bonds is 1. The van der Waals surface area contributed by atoms with E-state index in [-0.39, 0.29) is 0 Å². The van der Waals surface area contributed by atoms with Crippen LogP contribution in [0.25, 0.3) is 0 Å². The lowest BCUT2D eigenvalue weighted by Gasteiger charge is -2.15. The van der Waals surface area contributed by atoms with Gasteiger partial charge in [0.2, 0.25) is 0 Å². The molecule has 0 aromatic heterocycles. The van der Waals surface area contributed by atoms with Crippen molar-refractivity contribution in [2.45, 2.75) is 12.8 Å². The van der Waals surface area contributed by atoms with Crippen molar-refractivity contribution in [1.82, 2.24) is 5.32 Å². The van der Waals surface area contributed by atoms with E-state index in [1.165, 1.54) is 6.42 Å². The number of allylic oxidation sites excluding steroid dienone is 2. The Morgan fingerprint density at radius 1 is 1.67 bits per heavy atom. The van der Waals surface area contributed by atoms with Gasteiger partial charge in [0, 0.05) is 6.54 Å². The van der Waals surface area contributed by atoms with Crippen LogP contribution in [0, 0.1) is 0 Å². The van der Waals surface area contributed by atoms with Crippen LogP contribution in [0.3, 0.4) is 0 Å². The Kier molecular flexibility index (Phi) is 1.78. The van der Waals surface area contributed by atoms with Crippen LogP contribution in [0.5, 0.6) is 0 Å². The van der Waals surface area contributed by atoms with Gasteiger partial charge in [-0.25, -0.2) is 0 Å². The van der Waals surface area contributed by atoms with Crippen LogP contribution in [0.15, 0.2) is 24.0 Å². The summed E-state index contributed by atoms with van der Waals surface area (Å²) < 4.78 is 0. The molecule has 0 saturated carbocycles. The van der Waals surface area contributed by atoms with Crippen LogP contribution >= 0.6 is 0 Å². The second-order valence-electron chi connectivity index (χ2n) is 2.17. The van der Waals surface area contributed by atoms with Gasteiger partial charge in [-0.15, -0.1) is 0 Å². The number of hydrogen-bond donors (Lipinski definition) is 2. The summed E-state index contributed by atoms with van der Waals surface area (Å²) >= 11 is 0. The summed E-state index contributed by atoms with van der Waals surface area (Å²) in [5, 5.41) is 3.07. The third kappa shape index (κ3) is 1.25. The summed E-state index contributed by atoms with van der Waals surface area (Å²) in [5.74, 6) is 0.802. The fraction of sp³-hybridized carbons (Fsp3) is 0.429. The lowest BCUT2D eigenvalue weighted by Crippen LogP contribution is -2.26. The van der Waals surface area contributed by atoms with E-state index in [1.807, 2.05) is 6.08 Å². The van der Waals surface area contributed by atoms with Gasteiger partial charge in [-0.1, -0.05) is 12.7 Å². The molecular formula is C7H12N2. The van der Waals surface area contributed by atoms with E-state index < -0.39 is 0 Å². The van der Waals surface area contributed by atoms with Crippen LogP contribution in [0.4, 0.5) is 0 Å². The van der Waals surface area contributed by atoms with Crippen molar-refractivity contribution in [2.24, 2.45) is 5.73 Å². The van der Waals surface area contributed by atoms with Crippen LogP contribution in [-0.2, 0) is 0 Å². The van der Waals surface area contributed by atoms with Gasteiger partial charge in [-0.3, -0.25) is 0 Å². The smallest absolute Gasteiger partial charge is 0.0992 e. The minimum absolute atomic E-state index is 0.802. The van der Waals surface area contributed by atoms with E-state index in [1.54, 1.807) is 0 Å². The maximum Gasteiger partial charge on any atom is 0.0992 e. The van der Waals surface area contributed by atoms with Crippen molar-refractivity contribution >= 4 is 0 Å². The Balaban J connectivity index is 2.70. The van der Waals surface area contributed by atoms with Gasteiger partial charge in [-0.05, 0) is 18.4 Å². The highest BCUT2D eigenvalue weighted by molar-refractivity contribution is 5.22. The van der Waals surface area contributed by atoms with E-state index in [0.717, 1.165) is 24.4 Å². The summed E-state index contributed by atoms with van der Waals surface area (Å²) in [4.78, 5) is 0. The van der Waals surface area contributed by atoms with Crippen molar-refractivity contribution in [3.63, 3.8) is 0 Å². The van der Waals surface area contributed by atoms with Crippen LogP contribution in [0.1, 0.15) is 12.8 Å². The molecule has 3 N–H and O–H groups in total. The van der Waals surface area contributed by atoms with Gasteiger partial charge in [-0.2, -0.15) is 0 Å². The molecule has 0 bridgehead atoms. The van der Waals surface area contributed by atoms with Crippen LogP contribution in [0.2, 0.25) is 0 Å². The third-order valence-electron chi connectivity index (χ3n) is 1.53. The van der Waals surface area contributed by atoms with Gasteiger partial charge >= 0.3 is 0 Å². The standard InChI is InChI=1S/C7H12N2/c1-2-6-4-3-5-9-7(6)8/h2,9H,1,3-5,8H2. The van der Waals surface area contributed by atoms with Crippen molar-refractivity contribution in [2.75, 3.05) is 6.54 Å². The van der Waals surface area contributed by atoms with Crippen LogP contribution < -0.4 is 11.1 Å². The van der Waals surface area contributed by atoms with E-state index >= 15 is 0 Å². The highest BCUT2D eigenvalue weighted by Gasteiger charge is 2.04. The molecule has 1 aliphatic rings. The SMILES string of the molecule is C=CC1=C(N)NCCC1. The molecular weight excluding hydrogens is 112 g/mol. The summed E-state index contributed by atoms with van der Waals surface area (Å²) in [6, 6.07) is 0. The quantitative estimate of drug-likeness (QED) is 0.540. The van der Waals surface area contributed by atoms with Gasteiger partial charge in [0.1, 0.15) is 0 Å². The van der Waals surface area contributed by atoms with Gasteiger partial charge in [0.05, 0.1) is 5.82 Å². The van der Waals surface area contributed by atoms with Gasteiger partial charge in [0.15, 0.2) is 0 Å². The Hall–Kier alpha value is -0.920. The molecule has 1 rings (SSSR count). The zero-order valence-electron chi connectivity index (χ0n) is 5.48.